The molecule has 3 aromatic carbocycles. The highest BCUT2D eigenvalue weighted by molar-refractivity contribution is 7.11. The van der Waals surface area contributed by atoms with Crippen molar-refractivity contribution in [2.24, 2.45) is 11.8 Å². The van der Waals surface area contributed by atoms with Gasteiger partial charge in [-0.25, -0.2) is 0 Å². The quantitative estimate of drug-likeness (QED) is 0.538. The van der Waals surface area contributed by atoms with Crippen LogP contribution in [0.4, 0.5) is 0 Å². The first-order valence-corrected chi connectivity index (χ1v) is 11.3. The van der Waals surface area contributed by atoms with Crippen molar-refractivity contribution in [2.45, 2.75) is 12.5 Å². The Morgan fingerprint density at radius 2 is 1.04 bits per heavy atom. The molecule has 2 heteroatoms. The SMILES string of the molecule is OC[C@@H]1C[C@@H]1C[Si](c1ccccc1)(c1ccccc1)c1ccccc1. The fourth-order valence-electron chi connectivity index (χ4n) is 4.20. The molecule has 1 nitrogen and oxygen atoms in total. The molecule has 0 saturated heterocycles. The van der Waals surface area contributed by atoms with Crippen molar-refractivity contribution in [1.29, 1.82) is 0 Å². The van der Waals surface area contributed by atoms with Crippen molar-refractivity contribution in [3.05, 3.63) is 91.0 Å². The molecule has 0 spiro atoms. The second-order valence-electron chi connectivity index (χ2n) is 7.15. The monoisotopic (exact) mass is 344 g/mol. The van der Waals surface area contributed by atoms with Crippen molar-refractivity contribution in [3.63, 3.8) is 0 Å². The summed E-state index contributed by atoms with van der Waals surface area (Å²) >= 11 is 0. The summed E-state index contributed by atoms with van der Waals surface area (Å²) < 4.78 is 0. The van der Waals surface area contributed by atoms with Gasteiger partial charge in [-0.05, 0) is 39.9 Å². The predicted octanol–water partition coefficient (Wildman–Crippen LogP) is 2.79. The Kier molecular flexibility index (Phi) is 4.56. The summed E-state index contributed by atoms with van der Waals surface area (Å²) in [7, 11) is -2.09. The van der Waals surface area contributed by atoms with E-state index in [1.807, 2.05) is 0 Å². The van der Waals surface area contributed by atoms with Gasteiger partial charge in [0.2, 0.25) is 0 Å². The third-order valence-corrected chi connectivity index (χ3v) is 10.8. The zero-order valence-corrected chi connectivity index (χ0v) is 15.4. The molecule has 126 valence electrons. The van der Waals surface area contributed by atoms with Crippen LogP contribution in [0.1, 0.15) is 6.42 Å². The van der Waals surface area contributed by atoms with E-state index in [1.54, 1.807) is 0 Å². The number of rotatable bonds is 6. The molecule has 0 amide bonds. The Hall–Kier alpha value is -2.16. The van der Waals surface area contributed by atoms with Crippen molar-refractivity contribution in [3.8, 4) is 0 Å². The zero-order chi connectivity index (χ0) is 17.1. The van der Waals surface area contributed by atoms with E-state index >= 15 is 0 Å². The molecular formula is C23H24OSi. The van der Waals surface area contributed by atoms with E-state index in [-0.39, 0.29) is 0 Å². The van der Waals surface area contributed by atoms with Gasteiger partial charge >= 0.3 is 0 Å². The van der Waals surface area contributed by atoms with Crippen LogP contribution in [-0.4, -0.2) is 19.8 Å². The fourth-order valence-corrected chi connectivity index (χ4v) is 9.48. The van der Waals surface area contributed by atoms with Crippen molar-refractivity contribution < 1.29 is 5.11 Å². The lowest BCUT2D eigenvalue weighted by Gasteiger charge is -2.34. The molecule has 2 atom stereocenters. The van der Waals surface area contributed by atoms with Crippen molar-refractivity contribution in [2.75, 3.05) is 6.61 Å². The average Bonchev–Trinajstić information content (AvgIpc) is 3.46. The van der Waals surface area contributed by atoms with Gasteiger partial charge in [-0.1, -0.05) is 91.0 Å². The number of hydrogen-bond donors (Lipinski definition) is 1. The molecule has 3 aromatic rings. The van der Waals surface area contributed by atoms with Crippen LogP contribution >= 0.6 is 0 Å². The van der Waals surface area contributed by atoms with Gasteiger partial charge < -0.3 is 5.11 Å². The molecule has 0 aromatic heterocycles. The predicted molar refractivity (Wildman–Crippen MR) is 107 cm³/mol. The van der Waals surface area contributed by atoms with Crippen LogP contribution in [0.3, 0.4) is 0 Å². The van der Waals surface area contributed by atoms with Crippen LogP contribution in [0.15, 0.2) is 91.0 Å². The van der Waals surface area contributed by atoms with E-state index in [1.165, 1.54) is 21.6 Å². The Labute approximate surface area is 151 Å². The summed E-state index contributed by atoms with van der Waals surface area (Å²) in [5, 5.41) is 14.0. The first-order chi connectivity index (χ1) is 12.3. The van der Waals surface area contributed by atoms with E-state index in [2.05, 4.69) is 91.0 Å². The second kappa shape index (κ2) is 6.99. The molecular weight excluding hydrogens is 320 g/mol. The minimum Gasteiger partial charge on any atom is -0.396 e. The van der Waals surface area contributed by atoms with Gasteiger partial charge in [0.1, 0.15) is 8.07 Å². The lowest BCUT2D eigenvalue weighted by molar-refractivity contribution is 0.270. The van der Waals surface area contributed by atoms with E-state index in [9.17, 15) is 5.11 Å². The lowest BCUT2D eigenvalue weighted by atomic mass is 10.3. The minimum absolute atomic E-state index is 0.327. The summed E-state index contributed by atoms with van der Waals surface area (Å²) in [5.74, 6) is 1.13. The van der Waals surface area contributed by atoms with Crippen LogP contribution in [0, 0.1) is 11.8 Å². The van der Waals surface area contributed by atoms with Crippen molar-refractivity contribution in [1.82, 2.24) is 0 Å². The van der Waals surface area contributed by atoms with E-state index in [0.717, 1.165) is 6.42 Å². The highest BCUT2D eigenvalue weighted by atomic mass is 28.3. The molecule has 1 N–H and O–H groups in total. The van der Waals surface area contributed by atoms with E-state index < -0.39 is 8.07 Å². The lowest BCUT2D eigenvalue weighted by Crippen LogP contribution is -2.67. The molecule has 0 aliphatic heterocycles. The van der Waals surface area contributed by atoms with Gasteiger partial charge in [0, 0.05) is 6.61 Å². The highest BCUT2D eigenvalue weighted by Gasteiger charge is 2.47. The molecule has 0 unspecified atom stereocenters. The third kappa shape index (κ3) is 3.08. The molecule has 1 aliphatic carbocycles. The van der Waals surface area contributed by atoms with E-state index in [0.29, 0.717) is 18.4 Å². The minimum atomic E-state index is -2.09. The maximum atomic E-state index is 9.60. The molecule has 25 heavy (non-hydrogen) atoms. The third-order valence-electron chi connectivity index (χ3n) is 5.67. The van der Waals surface area contributed by atoms with Crippen LogP contribution in [0.2, 0.25) is 6.04 Å². The van der Waals surface area contributed by atoms with Gasteiger partial charge in [0.25, 0.3) is 0 Å². The maximum absolute atomic E-state index is 9.60. The summed E-state index contributed by atoms with van der Waals surface area (Å²) in [6, 6.07) is 34.3. The van der Waals surface area contributed by atoms with Gasteiger partial charge in [-0.2, -0.15) is 0 Å². The Morgan fingerprint density at radius 1 is 0.640 bits per heavy atom. The second-order valence-corrected chi connectivity index (χ2v) is 11.1. The fraction of sp³-hybridized carbons (Fsp3) is 0.217. The number of aliphatic hydroxyl groups is 1. The zero-order valence-electron chi connectivity index (χ0n) is 14.4. The van der Waals surface area contributed by atoms with Gasteiger partial charge in [-0.15, -0.1) is 0 Å². The summed E-state index contributed by atoms with van der Waals surface area (Å²) in [6.45, 7) is 0.327. The normalized spacial score (nSPS) is 19.6. The molecule has 4 rings (SSSR count). The Morgan fingerprint density at radius 3 is 1.36 bits per heavy atom. The highest BCUT2D eigenvalue weighted by Crippen LogP contribution is 2.43. The first kappa shape index (κ1) is 16.3. The number of hydrogen-bond acceptors (Lipinski definition) is 1. The Balaban J connectivity index is 1.91. The smallest absolute Gasteiger partial charge is 0.148 e. The van der Waals surface area contributed by atoms with E-state index in [4.69, 9.17) is 0 Å². The molecule has 0 bridgehead atoms. The molecule has 1 aliphatic rings. The number of aliphatic hydroxyl groups excluding tert-OH is 1. The summed E-state index contributed by atoms with van der Waals surface area (Å²) in [5.41, 5.74) is 0. The average molecular weight is 345 g/mol. The largest absolute Gasteiger partial charge is 0.396 e. The van der Waals surface area contributed by atoms with Crippen LogP contribution in [0.25, 0.3) is 0 Å². The first-order valence-electron chi connectivity index (χ1n) is 9.12. The van der Waals surface area contributed by atoms with Crippen molar-refractivity contribution >= 4 is 23.6 Å². The summed E-state index contributed by atoms with van der Waals surface area (Å²) in [6.07, 6.45) is 1.16. The van der Waals surface area contributed by atoms with Gasteiger partial charge in [0.15, 0.2) is 0 Å². The molecule has 0 heterocycles. The van der Waals surface area contributed by atoms with Crippen LogP contribution < -0.4 is 15.6 Å². The maximum Gasteiger partial charge on any atom is 0.148 e. The van der Waals surface area contributed by atoms with Crippen LogP contribution in [0.5, 0.6) is 0 Å². The van der Waals surface area contributed by atoms with Gasteiger partial charge in [-0.3, -0.25) is 0 Å². The van der Waals surface area contributed by atoms with Crippen LogP contribution in [-0.2, 0) is 0 Å². The summed E-state index contributed by atoms with van der Waals surface area (Å²) in [4.78, 5) is 0. The molecule has 1 fully saturated rings. The molecule has 1 saturated carbocycles. The Bertz CT molecular complexity index is 705. The molecule has 0 radical (unpaired) electrons. The number of benzene rings is 3. The standard InChI is InChI=1S/C23H24OSi/c24-17-19-16-20(19)18-25(21-10-4-1-5-11-21,22-12-6-2-7-13-22)23-14-8-3-9-15-23/h1-15,19-20,24H,16-18H2/t19-,20+/m0/s1. The topological polar surface area (TPSA) is 20.2 Å². The van der Waals surface area contributed by atoms with Gasteiger partial charge in [0.05, 0.1) is 0 Å².